The minimum absolute atomic E-state index is 0.0731. The number of hydrogen-bond acceptors (Lipinski definition) is 4. The molecular formula is C9H16N2O3S. The first-order valence-electron chi connectivity index (χ1n) is 5.23. The third kappa shape index (κ3) is 2.31. The normalized spacial score (nSPS) is 32.2. The van der Waals surface area contributed by atoms with Crippen molar-refractivity contribution in [2.75, 3.05) is 18.1 Å². The molecule has 2 aliphatic rings. The van der Waals surface area contributed by atoms with Crippen molar-refractivity contribution in [1.82, 2.24) is 4.90 Å². The SMILES string of the molecule is NC1CC(=O)N(C2CCS(=O)(=O)CC2)C1. The molecule has 2 N–H and O–H groups in total. The number of carbonyl (C=O) groups is 1. The molecule has 0 aliphatic carbocycles. The summed E-state index contributed by atoms with van der Waals surface area (Å²) in [5.74, 6) is 0.486. The van der Waals surface area contributed by atoms with Crippen LogP contribution < -0.4 is 5.73 Å². The van der Waals surface area contributed by atoms with E-state index in [4.69, 9.17) is 5.73 Å². The van der Waals surface area contributed by atoms with Gasteiger partial charge in [-0.15, -0.1) is 0 Å². The molecule has 0 aromatic carbocycles. The van der Waals surface area contributed by atoms with Gasteiger partial charge in [-0.05, 0) is 12.8 Å². The minimum Gasteiger partial charge on any atom is -0.338 e. The number of hydrogen-bond donors (Lipinski definition) is 1. The number of carbonyl (C=O) groups excluding carboxylic acids is 1. The molecule has 0 spiro atoms. The van der Waals surface area contributed by atoms with Crippen molar-refractivity contribution in [3.63, 3.8) is 0 Å². The monoisotopic (exact) mass is 232 g/mol. The van der Waals surface area contributed by atoms with Crippen LogP contribution in [-0.2, 0) is 14.6 Å². The summed E-state index contributed by atoms with van der Waals surface area (Å²) < 4.78 is 22.5. The molecule has 0 aromatic heterocycles. The van der Waals surface area contributed by atoms with E-state index in [0.29, 0.717) is 25.8 Å². The highest BCUT2D eigenvalue weighted by atomic mass is 32.2. The first-order valence-corrected chi connectivity index (χ1v) is 7.05. The zero-order valence-electron chi connectivity index (χ0n) is 8.55. The van der Waals surface area contributed by atoms with Crippen LogP contribution in [0.2, 0.25) is 0 Å². The summed E-state index contributed by atoms with van der Waals surface area (Å²) in [6.45, 7) is 0.587. The Morgan fingerprint density at radius 1 is 1.27 bits per heavy atom. The largest absolute Gasteiger partial charge is 0.338 e. The predicted octanol–water partition coefficient (Wildman–Crippen LogP) is -0.877. The van der Waals surface area contributed by atoms with Crippen molar-refractivity contribution in [3.8, 4) is 0 Å². The molecule has 0 saturated carbocycles. The second kappa shape index (κ2) is 3.75. The third-order valence-electron chi connectivity index (χ3n) is 3.15. The van der Waals surface area contributed by atoms with Gasteiger partial charge < -0.3 is 10.6 Å². The molecule has 15 heavy (non-hydrogen) atoms. The molecule has 2 aliphatic heterocycles. The lowest BCUT2D eigenvalue weighted by Gasteiger charge is -2.30. The van der Waals surface area contributed by atoms with E-state index in [1.54, 1.807) is 4.90 Å². The topological polar surface area (TPSA) is 80.5 Å². The van der Waals surface area contributed by atoms with Gasteiger partial charge in [0.15, 0.2) is 0 Å². The molecule has 1 unspecified atom stereocenters. The molecule has 0 bridgehead atoms. The van der Waals surface area contributed by atoms with Gasteiger partial charge in [-0.1, -0.05) is 0 Å². The van der Waals surface area contributed by atoms with Gasteiger partial charge in [-0.25, -0.2) is 8.42 Å². The van der Waals surface area contributed by atoms with Crippen molar-refractivity contribution in [3.05, 3.63) is 0 Å². The first-order chi connectivity index (χ1) is 6.98. The smallest absolute Gasteiger partial charge is 0.224 e. The summed E-state index contributed by atoms with van der Waals surface area (Å²) >= 11 is 0. The highest BCUT2D eigenvalue weighted by molar-refractivity contribution is 7.91. The first kappa shape index (κ1) is 10.9. The number of likely N-dealkylation sites (tertiary alicyclic amines) is 1. The van der Waals surface area contributed by atoms with Gasteiger partial charge in [0.25, 0.3) is 0 Å². The molecule has 6 heteroatoms. The molecule has 2 rings (SSSR count). The Morgan fingerprint density at radius 2 is 1.87 bits per heavy atom. The van der Waals surface area contributed by atoms with E-state index < -0.39 is 9.84 Å². The molecule has 0 radical (unpaired) electrons. The zero-order chi connectivity index (χ0) is 11.1. The maximum Gasteiger partial charge on any atom is 0.224 e. The third-order valence-corrected chi connectivity index (χ3v) is 4.87. The Bertz CT molecular complexity index is 352. The van der Waals surface area contributed by atoms with Crippen LogP contribution in [0.5, 0.6) is 0 Å². The maximum atomic E-state index is 11.5. The van der Waals surface area contributed by atoms with Crippen molar-refractivity contribution in [1.29, 1.82) is 0 Å². The Balaban J connectivity index is 1.99. The van der Waals surface area contributed by atoms with Crippen LogP contribution in [-0.4, -0.2) is 49.4 Å². The molecule has 86 valence electrons. The Hall–Kier alpha value is -0.620. The number of rotatable bonds is 1. The van der Waals surface area contributed by atoms with Crippen molar-refractivity contribution < 1.29 is 13.2 Å². The molecule has 2 heterocycles. The molecule has 1 atom stereocenters. The van der Waals surface area contributed by atoms with Crippen LogP contribution in [0.4, 0.5) is 0 Å². The summed E-state index contributed by atoms with van der Waals surface area (Å²) in [6, 6.07) is 0.0191. The van der Waals surface area contributed by atoms with Gasteiger partial charge in [0.1, 0.15) is 9.84 Å². The highest BCUT2D eigenvalue weighted by Gasteiger charge is 2.35. The minimum atomic E-state index is -2.85. The molecule has 0 aromatic rings. The number of amides is 1. The fourth-order valence-corrected chi connectivity index (χ4v) is 3.77. The van der Waals surface area contributed by atoms with Crippen molar-refractivity contribution in [2.45, 2.75) is 31.3 Å². The van der Waals surface area contributed by atoms with Crippen molar-refractivity contribution >= 4 is 15.7 Å². The van der Waals surface area contributed by atoms with Crippen LogP contribution in [0.15, 0.2) is 0 Å². The van der Waals surface area contributed by atoms with Crippen LogP contribution >= 0.6 is 0 Å². The van der Waals surface area contributed by atoms with Crippen LogP contribution in [0.1, 0.15) is 19.3 Å². The quantitative estimate of drug-likeness (QED) is 0.637. The molecule has 2 saturated heterocycles. The fraction of sp³-hybridized carbons (Fsp3) is 0.889. The summed E-state index contributed by atoms with van der Waals surface area (Å²) in [6.07, 6.45) is 1.55. The lowest BCUT2D eigenvalue weighted by Crippen LogP contribution is -2.42. The van der Waals surface area contributed by atoms with E-state index in [0.717, 1.165) is 0 Å². The lowest BCUT2D eigenvalue weighted by atomic mass is 10.1. The van der Waals surface area contributed by atoms with E-state index in [1.807, 2.05) is 0 Å². The average molecular weight is 232 g/mol. The summed E-state index contributed by atoms with van der Waals surface area (Å²) in [5.41, 5.74) is 5.69. The molecule has 1 amide bonds. The van der Waals surface area contributed by atoms with Gasteiger partial charge in [0.2, 0.25) is 5.91 Å². The number of nitrogens with two attached hydrogens (primary N) is 1. The number of sulfone groups is 1. The highest BCUT2D eigenvalue weighted by Crippen LogP contribution is 2.22. The summed E-state index contributed by atoms with van der Waals surface area (Å²) in [4.78, 5) is 13.3. The summed E-state index contributed by atoms with van der Waals surface area (Å²) in [7, 11) is -2.85. The fourth-order valence-electron chi connectivity index (χ4n) is 2.30. The van der Waals surface area contributed by atoms with E-state index in [2.05, 4.69) is 0 Å². The average Bonchev–Trinajstić information content (AvgIpc) is 2.45. The van der Waals surface area contributed by atoms with E-state index in [1.165, 1.54) is 0 Å². The Morgan fingerprint density at radius 3 is 2.33 bits per heavy atom. The van der Waals surface area contributed by atoms with Crippen LogP contribution in [0.25, 0.3) is 0 Å². The van der Waals surface area contributed by atoms with Crippen LogP contribution in [0.3, 0.4) is 0 Å². The van der Waals surface area contributed by atoms with Gasteiger partial charge in [0.05, 0.1) is 11.5 Å². The van der Waals surface area contributed by atoms with Gasteiger partial charge in [-0.2, -0.15) is 0 Å². The van der Waals surface area contributed by atoms with Crippen LogP contribution in [0, 0.1) is 0 Å². The predicted molar refractivity (Wildman–Crippen MR) is 56.0 cm³/mol. The molecular weight excluding hydrogens is 216 g/mol. The second-order valence-corrected chi connectivity index (χ2v) is 6.70. The van der Waals surface area contributed by atoms with E-state index >= 15 is 0 Å². The van der Waals surface area contributed by atoms with Gasteiger partial charge >= 0.3 is 0 Å². The van der Waals surface area contributed by atoms with Crippen molar-refractivity contribution in [2.24, 2.45) is 5.73 Å². The second-order valence-electron chi connectivity index (χ2n) is 4.39. The van der Waals surface area contributed by atoms with Gasteiger partial charge in [-0.3, -0.25) is 4.79 Å². The molecule has 2 fully saturated rings. The maximum absolute atomic E-state index is 11.5. The number of nitrogens with zero attached hydrogens (tertiary/aromatic N) is 1. The van der Waals surface area contributed by atoms with E-state index in [-0.39, 0.29) is 29.5 Å². The lowest BCUT2D eigenvalue weighted by molar-refractivity contribution is -0.129. The van der Waals surface area contributed by atoms with Gasteiger partial charge in [0, 0.05) is 25.0 Å². The standard InChI is InChI=1S/C9H16N2O3S/c10-7-5-9(12)11(6-7)8-1-3-15(13,14)4-2-8/h7-8H,1-6,10H2. The summed E-state index contributed by atoms with van der Waals surface area (Å²) in [5, 5.41) is 0. The van der Waals surface area contributed by atoms with E-state index in [9.17, 15) is 13.2 Å². The zero-order valence-corrected chi connectivity index (χ0v) is 9.37. The Kier molecular flexibility index (Phi) is 2.72. The molecule has 5 nitrogen and oxygen atoms in total. The Labute approximate surface area is 89.5 Å².